The fourth-order valence-corrected chi connectivity index (χ4v) is 2.61. The molecule has 0 atom stereocenters. The summed E-state index contributed by atoms with van der Waals surface area (Å²) in [5.41, 5.74) is 0.812. The molecule has 0 amide bonds. The van der Waals surface area contributed by atoms with E-state index in [0.717, 1.165) is 5.56 Å². The first-order valence-electron chi connectivity index (χ1n) is 4.13. The minimum absolute atomic E-state index is 0.0668. The molecule has 0 N–H and O–H groups in total. The predicted molar refractivity (Wildman–Crippen MR) is 62.0 cm³/mol. The lowest BCUT2D eigenvalue weighted by atomic mass is 10.2. The molecular formula is C10H11BrO2S. The van der Waals surface area contributed by atoms with Crippen molar-refractivity contribution < 1.29 is 8.42 Å². The van der Waals surface area contributed by atoms with Crippen LogP contribution in [0.1, 0.15) is 5.56 Å². The third-order valence-electron chi connectivity index (χ3n) is 1.60. The maximum absolute atomic E-state index is 11.5. The Labute approximate surface area is 92.7 Å². The van der Waals surface area contributed by atoms with Crippen LogP contribution in [0.5, 0.6) is 0 Å². The number of benzene rings is 1. The number of allylic oxidation sites excluding steroid dienone is 1. The summed E-state index contributed by atoms with van der Waals surface area (Å²) < 4.78 is 22.9. The quantitative estimate of drug-likeness (QED) is 0.791. The molecule has 0 bridgehead atoms. The smallest absolute Gasteiger partial charge is 0.175 e. The van der Waals surface area contributed by atoms with Gasteiger partial charge in [-0.2, -0.15) is 0 Å². The van der Waals surface area contributed by atoms with Gasteiger partial charge in [0.25, 0.3) is 0 Å². The Hall–Kier alpha value is -0.610. The molecule has 0 radical (unpaired) electrons. The Balaban J connectivity index is 2.74. The largest absolute Gasteiger partial charge is 0.224 e. The van der Waals surface area contributed by atoms with Gasteiger partial charge in [0.15, 0.2) is 9.84 Å². The number of alkyl halides is 1. The number of sulfone groups is 1. The minimum atomic E-state index is -3.11. The van der Waals surface area contributed by atoms with Crippen molar-refractivity contribution >= 4 is 25.8 Å². The summed E-state index contributed by atoms with van der Waals surface area (Å²) in [4.78, 5) is 0. The summed E-state index contributed by atoms with van der Waals surface area (Å²) >= 11 is 3.14. The van der Waals surface area contributed by atoms with E-state index in [2.05, 4.69) is 15.9 Å². The number of halogens is 1. The Bertz CT molecular complexity index is 395. The zero-order valence-electron chi connectivity index (χ0n) is 7.56. The molecule has 0 aliphatic rings. The number of rotatable bonds is 4. The van der Waals surface area contributed by atoms with Gasteiger partial charge in [-0.25, -0.2) is 8.42 Å². The lowest BCUT2D eigenvalue weighted by Crippen LogP contribution is -1.99. The molecule has 0 spiro atoms. The molecule has 0 aromatic heterocycles. The van der Waals surface area contributed by atoms with Gasteiger partial charge >= 0.3 is 0 Å². The Morgan fingerprint density at radius 2 is 1.86 bits per heavy atom. The SMILES string of the molecule is O=S(=O)(C=CCBr)Cc1ccccc1. The van der Waals surface area contributed by atoms with Gasteiger partial charge in [0.2, 0.25) is 0 Å². The monoisotopic (exact) mass is 274 g/mol. The van der Waals surface area contributed by atoms with E-state index in [1.54, 1.807) is 18.2 Å². The van der Waals surface area contributed by atoms with E-state index < -0.39 is 9.84 Å². The molecule has 14 heavy (non-hydrogen) atoms. The van der Waals surface area contributed by atoms with Gasteiger partial charge in [0.1, 0.15) is 0 Å². The highest BCUT2D eigenvalue weighted by molar-refractivity contribution is 9.09. The molecule has 1 aromatic carbocycles. The molecule has 76 valence electrons. The molecule has 0 saturated carbocycles. The Morgan fingerprint density at radius 3 is 2.43 bits per heavy atom. The van der Waals surface area contributed by atoms with Gasteiger partial charge in [-0.15, -0.1) is 0 Å². The zero-order chi connectivity index (χ0) is 10.4. The van der Waals surface area contributed by atoms with Gasteiger partial charge in [-0.3, -0.25) is 0 Å². The van der Waals surface area contributed by atoms with Crippen LogP contribution in [-0.2, 0) is 15.6 Å². The number of hydrogen-bond donors (Lipinski definition) is 0. The van der Waals surface area contributed by atoms with E-state index >= 15 is 0 Å². The first kappa shape index (κ1) is 11.5. The molecule has 0 aliphatic heterocycles. The standard InChI is InChI=1S/C10H11BrO2S/c11-7-4-8-14(12,13)9-10-5-2-1-3-6-10/h1-6,8H,7,9H2. The third-order valence-corrected chi connectivity index (χ3v) is 3.32. The van der Waals surface area contributed by atoms with E-state index in [-0.39, 0.29) is 5.75 Å². The molecule has 0 heterocycles. The van der Waals surface area contributed by atoms with Crippen LogP contribution in [0, 0.1) is 0 Å². The van der Waals surface area contributed by atoms with Crippen LogP contribution < -0.4 is 0 Å². The van der Waals surface area contributed by atoms with Crippen molar-refractivity contribution in [2.75, 3.05) is 5.33 Å². The summed E-state index contributed by atoms with van der Waals surface area (Å²) in [6.45, 7) is 0. The zero-order valence-corrected chi connectivity index (χ0v) is 9.96. The van der Waals surface area contributed by atoms with E-state index in [1.165, 1.54) is 5.41 Å². The second-order valence-electron chi connectivity index (χ2n) is 2.82. The van der Waals surface area contributed by atoms with Crippen LogP contribution in [0.15, 0.2) is 41.8 Å². The topological polar surface area (TPSA) is 34.1 Å². The molecule has 1 aromatic rings. The average Bonchev–Trinajstić information content (AvgIpc) is 2.16. The van der Waals surface area contributed by atoms with Crippen molar-refractivity contribution in [3.8, 4) is 0 Å². The lowest BCUT2D eigenvalue weighted by molar-refractivity contribution is 0.604. The maximum atomic E-state index is 11.5. The van der Waals surface area contributed by atoms with Gasteiger partial charge < -0.3 is 0 Å². The molecule has 4 heteroatoms. The average molecular weight is 275 g/mol. The Kier molecular flexibility index (Phi) is 4.35. The number of hydrogen-bond acceptors (Lipinski definition) is 2. The van der Waals surface area contributed by atoms with Crippen LogP contribution in [0.3, 0.4) is 0 Å². The van der Waals surface area contributed by atoms with Crippen LogP contribution >= 0.6 is 15.9 Å². The van der Waals surface area contributed by atoms with E-state index in [1.807, 2.05) is 18.2 Å². The van der Waals surface area contributed by atoms with Crippen molar-refractivity contribution in [3.63, 3.8) is 0 Å². The normalized spacial score (nSPS) is 12.1. The van der Waals surface area contributed by atoms with Crippen LogP contribution in [0.25, 0.3) is 0 Å². The molecule has 1 rings (SSSR count). The molecule has 2 nitrogen and oxygen atoms in total. The lowest BCUT2D eigenvalue weighted by Gasteiger charge is -1.98. The van der Waals surface area contributed by atoms with Crippen LogP contribution in [0.2, 0.25) is 0 Å². The fraction of sp³-hybridized carbons (Fsp3) is 0.200. The molecule has 0 saturated heterocycles. The van der Waals surface area contributed by atoms with Crippen molar-refractivity contribution in [2.45, 2.75) is 5.75 Å². The van der Waals surface area contributed by atoms with Crippen molar-refractivity contribution in [3.05, 3.63) is 47.4 Å². The fourth-order valence-electron chi connectivity index (χ4n) is 1.04. The molecule has 0 fully saturated rings. The highest BCUT2D eigenvalue weighted by atomic mass is 79.9. The van der Waals surface area contributed by atoms with E-state index in [4.69, 9.17) is 0 Å². The molecular weight excluding hydrogens is 264 g/mol. The molecule has 0 aliphatic carbocycles. The highest BCUT2D eigenvalue weighted by Gasteiger charge is 2.06. The maximum Gasteiger partial charge on any atom is 0.175 e. The van der Waals surface area contributed by atoms with E-state index in [0.29, 0.717) is 5.33 Å². The first-order valence-corrected chi connectivity index (χ1v) is 6.97. The molecule has 0 unspecified atom stereocenters. The summed E-state index contributed by atoms with van der Waals surface area (Å²) in [6, 6.07) is 9.14. The van der Waals surface area contributed by atoms with Gasteiger partial charge in [-0.05, 0) is 5.56 Å². The second-order valence-corrected chi connectivity index (χ2v) is 5.35. The second kappa shape index (κ2) is 5.32. The Morgan fingerprint density at radius 1 is 1.21 bits per heavy atom. The van der Waals surface area contributed by atoms with Crippen LogP contribution in [0.4, 0.5) is 0 Å². The summed E-state index contributed by atoms with van der Waals surface area (Å²) in [5, 5.41) is 1.80. The summed E-state index contributed by atoms with van der Waals surface area (Å²) in [6.07, 6.45) is 1.58. The third kappa shape index (κ3) is 4.07. The van der Waals surface area contributed by atoms with E-state index in [9.17, 15) is 8.42 Å². The van der Waals surface area contributed by atoms with Gasteiger partial charge in [0.05, 0.1) is 5.75 Å². The van der Waals surface area contributed by atoms with Crippen molar-refractivity contribution in [1.29, 1.82) is 0 Å². The first-order chi connectivity index (χ1) is 6.64. The van der Waals surface area contributed by atoms with Crippen LogP contribution in [-0.4, -0.2) is 13.7 Å². The summed E-state index contributed by atoms with van der Waals surface area (Å²) in [7, 11) is -3.11. The highest BCUT2D eigenvalue weighted by Crippen LogP contribution is 2.07. The van der Waals surface area contributed by atoms with Crippen molar-refractivity contribution in [2.24, 2.45) is 0 Å². The van der Waals surface area contributed by atoms with Gasteiger partial charge in [0, 0.05) is 10.7 Å². The minimum Gasteiger partial charge on any atom is -0.224 e. The summed E-state index contributed by atoms with van der Waals surface area (Å²) in [5.74, 6) is 0.0668. The van der Waals surface area contributed by atoms with Gasteiger partial charge in [-0.1, -0.05) is 52.3 Å². The van der Waals surface area contributed by atoms with Crippen molar-refractivity contribution in [1.82, 2.24) is 0 Å². The predicted octanol–water partition coefficient (Wildman–Crippen LogP) is 2.51.